The summed E-state index contributed by atoms with van der Waals surface area (Å²) >= 11 is 7.42. The number of halogens is 1. The largest absolute Gasteiger partial charge is 0.497 e. The van der Waals surface area contributed by atoms with Crippen molar-refractivity contribution in [3.05, 3.63) is 69.6 Å². The number of ether oxygens (including phenoxy) is 1. The highest BCUT2D eigenvalue weighted by Gasteiger charge is 2.25. The number of hydrogen-bond acceptors (Lipinski definition) is 6. The molecule has 4 rings (SSSR count). The Morgan fingerprint density at radius 2 is 1.86 bits per heavy atom. The van der Waals surface area contributed by atoms with Gasteiger partial charge in [-0.2, -0.15) is 0 Å². The zero-order valence-corrected chi connectivity index (χ0v) is 22.2. The second-order valence-electron chi connectivity index (χ2n) is 8.77. The minimum absolute atomic E-state index is 0.0572. The first-order valence-electron chi connectivity index (χ1n) is 11.8. The summed E-state index contributed by atoms with van der Waals surface area (Å²) in [6, 6.07) is 14.7. The van der Waals surface area contributed by atoms with E-state index in [9.17, 15) is 9.59 Å². The lowest BCUT2D eigenvalue weighted by molar-refractivity contribution is 0.0741. The van der Waals surface area contributed by atoms with Gasteiger partial charge in [0, 0.05) is 54.0 Å². The fraction of sp³-hybridized carbons (Fsp3) is 0.346. The molecule has 0 saturated carbocycles. The molecule has 1 aliphatic rings. The molecule has 0 unspecified atom stereocenters. The normalized spacial score (nSPS) is 13.6. The number of urea groups is 1. The van der Waals surface area contributed by atoms with Crippen LogP contribution >= 0.6 is 22.9 Å². The number of methoxy groups -OCH3 is 1. The highest BCUT2D eigenvalue weighted by Crippen LogP contribution is 2.22. The maximum Gasteiger partial charge on any atom is 0.322 e. The molecule has 1 saturated heterocycles. The number of piperazine rings is 1. The summed E-state index contributed by atoms with van der Waals surface area (Å²) in [5, 5.41) is 5.93. The van der Waals surface area contributed by atoms with Crippen LogP contribution in [0.4, 0.5) is 16.2 Å². The van der Waals surface area contributed by atoms with Crippen LogP contribution in [0, 0.1) is 0 Å². The van der Waals surface area contributed by atoms with Gasteiger partial charge >= 0.3 is 6.03 Å². The van der Waals surface area contributed by atoms with E-state index in [2.05, 4.69) is 15.2 Å². The Balaban J connectivity index is 1.34. The van der Waals surface area contributed by atoms with Gasteiger partial charge < -0.3 is 24.8 Å². The average molecular weight is 528 g/mol. The standard InChI is InChI=1S/C26H30ClN5O3S/c1-18(2)32(26(34)28-20-6-4-5-19(27)15-20)16-24-29-23(17-36-24)25(33)31-13-11-30(12-14-31)21-7-9-22(35-3)10-8-21/h4-10,15,17-18H,11-14,16H2,1-3H3,(H,28,34). The van der Waals surface area contributed by atoms with E-state index in [1.54, 1.807) is 41.7 Å². The van der Waals surface area contributed by atoms with E-state index >= 15 is 0 Å². The number of nitrogens with zero attached hydrogens (tertiary/aromatic N) is 4. The van der Waals surface area contributed by atoms with E-state index in [0.29, 0.717) is 41.0 Å². The van der Waals surface area contributed by atoms with Gasteiger partial charge in [-0.1, -0.05) is 17.7 Å². The maximum absolute atomic E-state index is 13.1. The maximum atomic E-state index is 13.1. The van der Waals surface area contributed by atoms with Gasteiger partial charge in [0.1, 0.15) is 16.5 Å². The lowest BCUT2D eigenvalue weighted by Crippen LogP contribution is -2.48. The van der Waals surface area contributed by atoms with Crippen molar-refractivity contribution in [1.29, 1.82) is 0 Å². The fourth-order valence-corrected chi connectivity index (χ4v) is 4.96. The minimum atomic E-state index is -0.245. The number of benzene rings is 2. The van der Waals surface area contributed by atoms with Gasteiger partial charge in [-0.05, 0) is 56.3 Å². The fourth-order valence-electron chi connectivity index (χ4n) is 4.00. The van der Waals surface area contributed by atoms with E-state index in [1.807, 2.05) is 43.0 Å². The Kier molecular flexibility index (Phi) is 8.32. The number of amides is 3. The Morgan fingerprint density at radius 1 is 1.14 bits per heavy atom. The van der Waals surface area contributed by atoms with E-state index in [0.717, 1.165) is 24.5 Å². The van der Waals surface area contributed by atoms with Crippen molar-refractivity contribution in [1.82, 2.24) is 14.8 Å². The van der Waals surface area contributed by atoms with Gasteiger partial charge in [-0.3, -0.25) is 4.79 Å². The Bertz CT molecular complexity index is 1190. The van der Waals surface area contributed by atoms with Crippen LogP contribution in [0.25, 0.3) is 0 Å². The Morgan fingerprint density at radius 3 is 2.50 bits per heavy atom. The van der Waals surface area contributed by atoms with Crippen molar-refractivity contribution < 1.29 is 14.3 Å². The summed E-state index contributed by atoms with van der Waals surface area (Å²) < 4.78 is 5.23. The molecule has 0 aliphatic carbocycles. The van der Waals surface area contributed by atoms with Crippen LogP contribution in [0.3, 0.4) is 0 Å². The molecule has 1 aliphatic heterocycles. The Labute approximate surface area is 220 Å². The monoisotopic (exact) mass is 527 g/mol. The van der Waals surface area contributed by atoms with Crippen molar-refractivity contribution in [2.45, 2.75) is 26.4 Å². The van der Waals surface area contributed by atoms with E-state index in [4.69, 9.17) is 16.3 Å². The Hall–Kier alpha value is -3.30. The van der Waals surface area contributed by atoms with Crippen LogP contribution in [-0.2, 0) is 6.54 Å². The van der Waals surface area contributed by atoms with Gasteiger partial charge in [-0.25, -0.2) is 9.78 Å². The highest BCUT2D eigenvalue weighted by molar-refractivity contribution is 7.09. The van der Waals surface area contributed by atoms with Crippen LogP contribution in [0.15, 0.2) is 53.9 Å². The van der Waals surface area contributed by atoms with Crippen LogP contribution < -0.4 is 15.0 Å². The number of carbonyl (C=O) groups is 2. The molecule has 0 radical (unpaired) electrons. The molecule has 1 fully saturated rings. The second kappa shape index (κ2) is 11.6. The summed E-state index contributed by atoms with van der Waals surface area (Å²) in [6.07, 6.45) is 0. The summed E-state index contributed by atoms with van der Waals surface area (Å²) in [5.74, 6) is 0.747. The van der Waals surface area contributed by atoms with Crippen LogP contribution in [0.2, 0.25) is 5.02 Å². The number of aromatic nitrogens is 1. The molecule has 2 heterocycles. The van der Waals surface area contributed by atoms with Gasteiger partial charge in [0.2, 0.25) is 0 Å². The molecule has 2 aromatic carbocycles. The van der Waals surface area contributed by atoms with Crippen molar-refractivity contribution >= 4 is 46.3 Å². The molecule has 1 aromatic heterocycles. The van der Waals surface area contributed by atoms with E-state index in [-0.39, 0.29) is 18.0 Å². The number of nitrogens with one attached hydrogen (secondary N) is 1. The minimum Gasteiger partial charge on any atom is -0.497 e. The molecule has 0 bridgehead atoms. The first kappa shape index (κ1) is 25.8. The van der Waals surface area contributed by atoms with E-state index < -0.39 is 0 Å². The average Bonchev–Trinajstić information content (AvgIpc) is 3.35. The van der Waals surface area contributed by atoms with Crippen molar-refractivity contribution in [2.24, 2.45) is 0 Å². The molecular formula is C26H30ClN5O3S. The predicted octanol–water partition coefficient (Wildman–Crippen LogP) is 5.21. The first-order chi connectivity index (χ1) is 17.3. The molecule has 3 amide bonds. The summed E-state index contributed by atoms with van der Waals surface area (Å²) in [6.45, 7) is 6.95. The summed E-state index contributed by atoms with van der Waals surface area (Å²) in [4.78, 5) is 36.3. The zero-order valence-electron chi connectivity index (χ0n) is 20.6. The molecule has 1 N–H and O–H groups in total. The topological polar surface area (TPSA) is 78.0 Å². The van der Waals surface area contributed by atoms with Crippen molar-refractivity contribution in [3.8, 4) is 5.75 Å². The third-order valence-electron chi connectivity index (χ3n) is 6.04. The first-order valence-corrected chi connectivity index (χ1v) is 13.1. The number of hydrogen-bond donors (Lipinski definition) is 1. The van der Waals surface area contributed by atoms with E-state index in [1.165, 1.54) is 11.3 Å². The quantitative estimate of drug-likeness (QED) is 0.456. The van der Waals surface area contributed by atoms with Crippen LogP contribution in [-0.4, -0.2) is 66.1 Å². The highest BCUT2D eigenvalue weighted by atomic mass is 35.5. The molecule has 36 heavy (non-hydrogen) atoms. The van der Waals surface area contributed by atoms with Gasteiger partial charge in [-0.15, -0.1) is 11.3 Å². The number of anilines is 2. The van der Waals surface area contributed by atoms with Crippen LogP contribution in [0.5, 0.6) is 5.75 Å². The lowest BCUT2D eigenvalue weighted by atomic mass is 10.2. The zero-order chi connectivity index (χ0) is 25.7. The summed E-state index contributed by atoms with van der Waals surface area (Å²) in [7, 11) is 1.65. The molecule has 0 spiro atoms. The molecule has 10 heteroatoms. The van der Waals surface area contributed by atoms with Gasteiger partial charge in [0.05, 0.1) is 13.7 Å². The van der Waals surface area contributed by atoms with Crippen molar-refractivity contribution in [2.75, 3.05) is 43.5 Å². The van der Waals surface area contributed by atoms with Crippen LogP contribution in [0.1, 0.15) is 29.3 Å². The molecular weight excluding hydrogens is 498 g/mol. The second-order valence-corrected chi connectivity index (χ2v) is 10.1. The molecule has 0 atom stereocenters. The number of rotatable bonds is 7. The predicted molar refractivity (Wildman–Crippen MR) is 144 cm³/mol. The number of carbonyl (C=O) groups excluding carboxylic acids is 2. The molecule has 3 aromatic rings. The lowest BCUT2D eigenvalue weighted by Gasteiger charge is -2.35. The molecule has 190 valence electrons. The SMILES string of the molecule is COc1ccc(N2CCN(C(=O)c3csc(CN(C(=O)Nc4cccc(Cl)c4)C(C)C)n3)CC2)cc1. The third kappa shape index (κ3) is 6.27. The van der Waals surface area contributed by atoms with Crippen molar-refractivity contribution in [3.63, 3.8) is 0 Å². The number of thiazole rings is 1. The molecule has 8 nitrogen and oxygen atoms in total. The van der Waals surface area contributed by atoms with Gasteiger partial charge in [0.15, 0.2) is 0 Å². The third-order valence-corrected chi connectivity index (χ3v) is 7.11. The smallest absolute Gasteiger partial charge is 0.322 e. The summed E-state index contributed by atoms with van der Waals surface area (Å²) in [5.41, 5.74) is 2.16. The van der Waals surface area contributed by atoms with Gasteiger partial charge in [0.25, 0.3) is 5.91 Å².